The number of nitrogen functional groups attached to an aromatic ring is 1. The van der Waals surface area contributed by atoms with Crippen LogP contribution >= 0.6 is 0 Å². The molecule has 120 valence electrons. The van der Waals surface area contributed by atoms with Gasteiger partial charge in [0.25, 0.3) is 0 Å². The number of phenols is 3. The Morgan fingerprint density at radius 1 is 1.17 bits per heavy atom. The number of aromatic carboxylic acids is 1. The summed E-state index contributed by atoms with van der Waals surface area (Å²) in [6.45, 7) is 0. The summed E-state index contributed by atoms with van der Waals surface area (Å²) in [5.41, 5.74) is 5.50. The minimum absolute atomic E-state index is 0.288. The highest BCUT2D eigenvalue weighted by Crippen LogP contribution is 2.44. The van der Waals surface area contributed by atoms with E-state index < -0.39 is 40.5 Å². The monoisotopic (exact) mass is 318 g/mol. The van der Waals surface area contributed by atoms with Crippen molar-refractivity contribution in [2.45, 2.75) is 6.04 Å². The number of phenolic OH excluding ortho intramolecular Hbond substituents is 3. The number of nitrogens with two attached hydrogens (primary N) is 1. The Kier molecular flexibility index (Phi) is 4.26. The molecule has 0 aliphatic carbocycles. The number of carboxylic acids is 1. The van der Waals surface area contributed by atoms with Crippen LogP contribution in [-0.4, -0.2) is 32.7 Å². The van der Waals surface area contributed by atoms with Gasteiger partial charge in [-0.1, -0.05) is 18.2 Å². The van der Waals surface area contributed by atoms with Gasteiger partial charge in [0, 0.05) is 17.3 Å². The molecule has 0 fully saturated rings. The number of hydrogen-bond acceptors (Lipinski definition) is 7. The van der Waals surface area contributed by atoms with Gasteiger partial charge in [0.15, 0.2) is 11.5 Å². The van der Waals surface area contributed by atoms with Crippen LogP contribution in [0.5, 0.6) is 17.2 Å². The zero-order valence-electron chi connectivity index (χ0n) is 11.7. The molecule has 0 heterocycles. The molecule has 2 aromatic carbocycles. The molecule has 0 bridgehead atoms. The predicted molar refractivity (Wildman–Crippen MR) is 81.7 cm³/mol. The Morgan fingerprint density at radius 3 is 2.39 bits per heavy atom. The topological polar surface area (TPSA) is 153 Å². The lowest BCUT2D eigenvalue weighted by Gasteiger charge is -2.19. The van der Waals surface area contributed by atoms with Gasteiger partial charge in [0.1, 0.15) is 12.3 Å². The van der Waals surface area contributed by atoms with E-state index in [9.17, 15) is 24.9 Å². The number of para-hydroxylation sites is 1. The second kappa shape index (κ2) is 6.14. The molecule has 2 rings (SSSR count). The van der Waals surface area contributed by atoms with Crippen LogP contribution in [0.1, 0.15) is 22.0 Å². The minimum atomic E-state index is -1.47. The summed E-state index contributed by atoms with van der Waals surface area (Å²) in [6.07, 6.45) is 0.473. The number of benzene rings is 2. The van der Waals surface area contributed by atoms with Crippen LogP contribution < -0.4 is 11.1 Å². The first-order chi connectivity index (χ1) is 10.9. The molecule has 0 aliphatic heterocycles. The van der Waals surface area contributed by atoms with Crippen molar-refractivity contribution in [1.29, 1.82) is 0 Å². The van der Waals surface area contributed by atoms with Crippen LogP contribution in [-0.2, 0) is 4.79 Å². The van der Waals surface area contributed by atoms with Crippen LogP contribution in [0.2, 0.25) is 0 Å². The average molecular weight is 318 g/mol. The van der Waals surface area contributed by atoms with Crippen molar-refractivity contribution in [1.82, 2.24) is 0 Å². The summed E-state index contributed by atoms with van der Waals surface area (Å²) >= 11 is 0. The van der Waals surface area contributed by atoms with Gasteiger partial charge in [-0.05, 0) is 6.07 Å². The predicted octanol–water partition coefficient (Wildman–Crippen LogP) is 1.44. The molecule has 0 radical (unpaired) electrons. The van der Waals surface area contributed by atoms with Crippen molar-refractivity contribution >= 4 is 23.6 Å². The van der Waals surface area contributed by atoms with Crippen molar-refractivity contribution in [3.8, 4) is 17.2 Å². The van der Waals surface area contributed by atoms with Crippen molar-refractivity contribution in [3.63, 3.8) is 0 Å². The summed E-state index contributed by atoms with van der Waals surface area (Å²) in [5.74, 6) is -4.05. The largest absolute Gasteiger partial charge is 0.504 e. The molecule has 0 aliphatic rings. The molecule has 0 amide bonds. The molecule has 0 aromatic heterocycles. The first-order valence-electron chi connectivity index (χ1n) is 6.44. The molecular formula is C15H14N2O6. The first-order valence-corrected chi connectivity index (χ1v) is 6.44. The van der Waals surface area contributed by atoms with E-state index in [4.69, 9.17) is 10.8 Å². The number of rotatable bonds is 5. The third-order valence-electron chi connectivity index (χ3n) is 3.25. The van der Waals surface area contributed by atoms with Crippen molar-refractivity contribution in [2.24, 2.45) is 0 Å². The molecule has 7 N–H and O–H groups in total. The van der Waals surface area contributed by atoms with Crippen molar-refractivity contribution in [2.75, 3.05) is 11.1 Å². The highest BCUT2D eigenvalue weighted by Gasteiger charge is 2.24. The maximum atomic E-state index is 11.3. The Hall–Kier alpha value is -3.42. The zero-order chi connectivity index (χ0) is 17.1. The summed E-state index contributed by atoms with van der Waals surface area (Å²) < 4.78 is 0. The molecule has 0 saturated heterocycles. The average Bonchev–Trinajstić information content (AvgIpc) is 2.52. The lowest BCUT2D eigenvalue weighted by atomic mass is 10.0. The van der Waals surface area contributed by atoms with Gasteiger partial charge in [-0.2, -0.15) is 0 Å². The van der Waals surface area contributed by atoms with Crippen molar-refractivity contribution in [3.05, 3.63) is 41.5 Å². The number of nitrogens with one attached hydrogen (secondary N) is 1. The fourth-order valence-corrected chi connectivity index (χ4v) is 2.09. The second-order valence-corrected chi connectivity index (χ2v) is 4.71. The lowest BCUT2D eigenvalue weighted by molar-refractivity contribution is -0.108. The number of carbonyl (C=O) groups is 2. The maximum Gasteiger partial charge on any atom is 0.338 e. The molecule has 0 spiro atoms. The van der Waals surface area contributed by atoms with E-state index in [0.29, 0.717) is 11.8 Å². The van der Waals surface area contributed by atoms with E-state index in [2.05, 4.69) is 5.32 Å². The smallest absolute Gasteiger partial charge is 0.338 e. The SMILES string of the molecule is Nc1ccccc1C(C=O)Nc1c(C(=O)O)cc(O)c(O)c1O. The van der Waals surface area contributed by atoms with Gasteiger partial charge >= 0.3 is 5.97 Å². The standard InChI is InChI=1S/C15H14N2O6/c16-9-4-2-1-3-7(9)10(6-18)17-12-8(15(22)23)5-11(19)13(20)14(12)21/h1-6,10,17,19-21H,16H2,(H,22,23). The number of carboxylic acid groups (broad SMARTS) is 1. The van der Waals surface area contributed by atoms with E-state index >= 15 is 0 Å². The molecule has 0 saturated carbocycles. The molecule has 23 heavy (non-hydrogen) atoms. The van der Waals surface area contributed by atoms with Crippen LogP contribution in [0.4, 0.5) is 11.4 Å². The van der Waals surface area contributed by atoms with E-state index in [-0.39, 0.29) is 5.69 Å². The summed E-state index contributed by atoms with van der Waals surface area (Å²) in [5, 5.41) is 40.5. The molecule has 1 atom stereocenters. The number of anilines is 2. The lowest BCUT2D eigenvalue weighted by Crippen LogP contribution is -2.16. The van der Waals surface area contributed by atoms with Crippen molar-refractivity contribution < 1.29 is 30.0 Å². The van der Waals surface area contributed by atoms with Crippen LogP contribution in [0.15, 0.2) is 30.3 Å². The van der Waals surface area contributed by atoms with Gasteiger partial charge in [0.05, 0.1) is 11.3 Å². The Labute approximate surface area is 130 Å². The molecule has 8 heteroatoms. The summed E-state index contributed by atoms with van der Waals surface area (Å²) in [4.78, 5) is 22.6. The zero-order valence-corrected chi connectivity index (χ0v) is 11.7. The Morgan fingerprint density at radius 2 is 1.83 bits per heavy atom. The highest BCUT2D eigenvalue weighted by atomic mass is 16.4. The summed E-state index contributed by atoms with van der Waals surface area (Å²) in [7, 11) is 0. The van der Waals surface area contributed by atoms with E-state index in [1.54, 1.807) is 24.3 Å². The van der Waals surface area contributed by atoms with Gasteiger partial charge in [-0.3, -0.25) is 0 Å². The second-order valence-electron chi connectivity index (χ2n) is 4.71. The Bertz CT molecular complexity index is 775. The fourth-order valence-electron chi connectivity index (χ4n) is 2.09. The number of carbonyl (C=O) groups excluding carboxylic acids is 1. The maximum absolute atomic E-state index is 11.3. The third kappa shape index (κ3) is 2.95. The van der Waals surface area contributed by atoms with Gasteiger partial charge < -0.3 is 36.3 Å². The molecule has 8 nitrogen and oxygen atoms in total. The van der Waals surface area contributed by atoms with Crippen LogP contribution in [0.3, 0.4) is 0 Å². The van der Waals surface area contributed by atoms with Crippen LogP contribution in [0.25, 0.3) is 0 Å². The number of aldehydes is 1. The molecular weight excluding hydrogens is 304 g/mol. The summed E-state index contributed by atoms with van der Waals surface area (Å²) in [6, 6.07) is 6.10. The highest BCUT2D eigenvalue weighted by molar-refractivity contribution is 5.98. The number of aromatic hydroxyl groups is 3. The molecule has 1 unspecified atom stereocenters. The fraction of sp³-hybridized carbons (Fsp3) is 0.0667. The Balaban J connectivity index is 2.54. The normalized spacial score (nSPS) is 11.7. The van der Waals surface area contributed by atoms with Gasteiger partial charge in [-0.25, -0.2) is 4.79 Å². The van der Waals surface area contributed by atoms with E-state index in [0.717, 1.165) is 6.07 Å². The van der Waals surface area contributed by atoms with Crippen LogP contribution in [0, 0.1) is 0 Å². The van der Waals surface area contributed by atoms with Gasteiger partial charge in [-0.15, -0.1) is 0 Å². The van der Waals surface area contributed by atoms with Gasteiger partial charge in [0.2, 0.25) is 5.75 Å². The number of hydrogen-bond donors (Lipinski definition) is 6. The van der Waals surface area contributed by atoms with E-state index in [1.807, 2.05) is 0 Å². The van der Waals surface area contributed by atoms with E-state index in [1.165, 1.54) is 0 Å². The minimum Gasteiger partial charge on any atom is -0.504 e. The quantitative estimate of drug-likeness (QED) is 0.209. The first kappa shape index (κ1) is 16.0. The molecule has 2 aromatic rings. The third-order valence-corrected chi connectivity index (χ3v) is 3.25.